The topological polar surface area (TPSA) is 43.8 Å². The van der Waals surface area contributed by atoms with E-state index in [0.717, 1.165) is 0 Å². The zero-order valence-electron chi connectivity index (χ0n) is 7.88. The Morgan fingerprint density at radius 1 is 1.21 bits per heavy atom. The highest BCUT2D eigenvalue weighted by Gasteiger charge is 2.09. The fraction of sp³-hybridized carbons (Fsp3) is 0.182. The van der Waals surface area contributed by atoms with Gasteiger partial charge < -0.3 is 10.3 Å². The summed E-state index contributed by atoms with van der Waals surface area (Å²) in [6, 6.07) is 8.22. The van der Waals surface area contributed by atoms with Crippen LogP contribution in [-0.2, 0) is 0 Å². The third-order valence-electron chi connectivity index (χ3n) is 2.30. The van der Waals surface area contributed by atoms with E-state index in [-0.39, 0.29) is 6.04 Å². The summed E-state index contributed by atoms with van der Waals surface area (Å²) < 4.78 is 2.11. The Bertz CT molecular complexity index is 367. The SMILES string of the molecule is NCC(c1ccncc1)n1cccc1. The first-order chi connectivity index (χ1) is 6.92. The van der Waals surface area contributed by atoms with Gasteiger partial charge in [0.1, 0.15) is 0 Å². The molecule has 14 heavy (non-hydrogen) atoms. The van der Waals surface area contributed by atoms with Crippen LogP contribution in [0.3, 0.4) is 0 Å². The van der Waals surface area contributed by atoms with Crippen molar-refractivity contribution >= 4 is 0 Å². The van der Waals surface area contributed by atoms with Crippen molar-refractivity contribution in [1.82, 2.24) is 9.55 Å². The zero-order chi connectivity index (χ0) is 9.80. The largest absolute Gasteiger partial charge is 0.346 e. The Balaban J connectivity index is 2.31. The minimum Gasteiger partial charge on any atom is -0.346 e. The van der Waals surface area contributed by atoms with Gasteiger partial charge in [0.05, 0.1) is 6.04 Å². The lowest BCUT2D eigenvalue weighted by Gasteiger charge is -2.16. The standard InChI is InChI=1S/C11H13N3/c12-9-11(14-7-1-2-8-14)10-3-5-13-6-4-10/h1-8,11H,9,12H2. The first kappa shape index (κ1) is 8.97. The van der Waals surface area contributed by atoms with Gasteiger partial charge in [-0.05, 0) is 29.8 Å². The summed E-state index contributed by atoms with van der Waals surface area (Å²) in [5, 5.41) is 0. The van der Waals surface area contributed by atoms with Gasteiger partial charge in [0.2, 0.25) is 0 Å². The monoisotopic (exact) mass is 187 g/mol. The number of rotatable bonds is 3. The Labute approximate surface area is 83.2 Å². The van der Waals surface area contributed by atoms with Crippen molar-refractivity contribution in [1.29, 1.82) is 0 Å². The normalized spacial score (nSPS) is 12.6. The molecule has 1 unspecified atom stereocenters. The molecule has 3 nitrogen and oxygen atoms in total. The smallest absolute Gasteiger partial charge is 0.0703 e. The van der Waals surface area contributed by atoms with Crippen LogP contribution in [0.5, 0.6) is 0 Å². The third-order valence-corrected chi connectivity index (χ3v) is 2.30. The van der Waals surface area contributed by atoms with E-state index in [4.69, 9.17) is 5.73 Å². The van der Waals surface area contributed by atoms with Crippen LogP contribution >= 0.6 is 0 Å². The average Bonchev–Trinajstić information content (AvgIpc) is 2.74. The van der Waals surface area contributed by atoms with Crippen LogP contribution in [0.1, 0.15) is 11.6 Å². The van der Waals surface area contributed by atoms with E-state index in [1.807, 2.05) is 36.7 Å². The van der Waals surface area contributed by atoms with Crippen LogP contribution in [0.2, 0.25) is 0 Å². The van der Waals surface area contributed by atoms with Crippen molar-refractivity contribution in [3.8, 4) is 0 Å². The van der Waals surface area contributed by atoms with E-state index in [1.54, 1.807) is 12.4 Å². The molecule has 0 fully saturated rings. The molecule has 0 aliphatic rings. The Kier molecular flexibility index (Phi) is 2.60. The van der Waals surface area contributed by atoms with Crippen molar-refractivity contribution in [2.75, 3.05) is 6.54 Å². The highest BCUT2D eigenvalue weighted by molar-refractivity contribution is 5.17. The van der Waals surface area contributed by atoms with Crippen molar-refractivity contribution in [2.24, 2.45) is 5.73 Å². The first-order valence-corrected chi connectivity index (χ1v) is 4.64. The second kappa shape index (κ2) is 4.07. The summed E-state index contributed by atoms with van der Waals surface area (Å²) in [6.45, 7) is 0.596. The molecule has 0 saturated heterocycles. The minimum atomic E-state index is 0.216. The van der Waals surface area contributed by atoms with Gasteiger partial charge in [-0.2, -0.15) is 0 Å². The van der Waals surface area contributed by atoms with E-state index in [1.165, 1.54) is 5.56 Å². The molecule has 2 aromatic heterocycles. The molecule has 2 heterocycles. The number of aromatic nitrogens is 2. The summed E-state index contributed by atoms with van der Waals surface area (Å²) in [7, 11) is 0. The maximum absolute atomic E-state index is 5.75. The lowest BCUT2D eigenvalue weighted by atomic mass is 10.1. The molecule has 0 spiro atoms. The van der Waals surface area contributed by atoms with Gasteiger partial charge in [0.15, 0.2) is 0 Å². The average molecular weight is 187 g/mol. The van der Waals surface area contributed by atoms with Crippen molar-refractivity contribution in [3.63, 3.8) is 0 Å². The minimum absolute atomic E-state index is 0.216. The van der Waals surface area contributed by atoms with Gasteiger partial charge in [0, 0.05) is 31.3 Å². The van der Waals surface area contributed by atoms with E-state index in [2.05, 4.69) is 9.55 Å². The molecule has 0 aromatic carbocycles. The van der Waals surface area contributed by atoms with Crippen LogP contribution in [0.15, 0.2) is 49.1 Å². The molecule has 0 saturated carbocycles. The third kappa shape index (κ3) is 1.67. The predicted octanol–water partition coefficient (Wildman–Crippen LogP) is 1.43. The first-order valence-electron chi connectivity index (χ1n) is 4.64. The molecule has 2 N–H and O–H groups in total. The number of hydrogen-bond donors (Lipinski definition) is 1. The van der Waals surface area contributed by atoms with Gasteiger partial charge in [0.25, 0.3) is 0 Å². The molecule has 0 amide bonds. The molecule has 2 rings (SSSR count). The highest BCUT2D eigenvalue weighted by atomic mass is 15.0. The lowest BCUT2D eigenvalue weighted by molar-refractivity contribution is 0.597. The maximum atomic E-state index is 5.75. The molecule has 0 bridgehead atoms. The van der Waals surface area contributed by atoms with Crippen molar-refractivity contribution in [2.45, 2.75) is 6.04 Å². The van der Waals surface area contributed by atoms with Crippen LogP contribution in [0.4, 0.5) is 0 Å². The van der Waals surface area contributed by atoms with E-state index >= 15 is 0 Å². The van der Waals surface area contributed by atoms with Crippen molar-refractivity contribution in [3.05, 3.63) is 54.6 Å². The van der Waals surface area contributed by atoms with E-state index in [0.29, 0.717) is 6.54 Å². The van der Waals surface area contributed by atoms with Gasteiger partial charge in [-0.3, -0.25) is 4.98 Å². The predicted molar refractivity (Wildman–Crippen MR) is 55.9 cm³/mol. The lowest BCUT2D eigenvalue weighted by Crippen LogP contribution is -2.19. The number of pyridine rings is 1. The fourth-order valence-electron chi connectivity index (χ4n) is 1.57. The highest BCUT2D eigenvalue weighted by Crippen LogP contribution is 2.15. The fourth-order valence-corrected chi connectivity index (χ4v) is 1.57. The quantitative estimate of drug-likeness (QED) is 0.790. The van der Waals surface area contributed by atoms with Crippen LogP contribution in [-0.4, -0.2) is 16.1 Å². The summed E-state index contributed by atoms with van der Waals surface area (Å²) >= 11 is 0. The molecule has 72 valence electrons. The molecule has 1 atom stereocenters. The van der Waals surface area contributed by atoms with E-state index in [9.17, 15) is 0 Å². The Hall–Kier alpha value is -1.61. The van der Waals surface area contributed by atoms with Gasteiger partial charge in [-0.1, -0.05) is 0 Å². The molecule has 0 aliphatic carbocycles. The number of nitrogens with zero attached hydrogens (tertiary/aromatic N) is 2. The number of hydrogen-bond acceptors (Lipinski definition) is 2. The Morgan fingerprint density at radius 3 is 2.43 bits per heavy atom. The van der Waals surface area contributed by atoms with Crippen molar-refractivity contribution < 1.29 is 0 Å². The molecule has 0 aliphatic heterocycles. The van der Waals surface area contributed by atoms with Crippen LogP contribution in [0, 0.1) is 0 Å². The van der Waals surface area contributed by atoms with Gasteiger partial charge in [-0.15, -0.1) is 0 Å². The second-order valence-corrected chi connectivity index (χ2v) is 3.16. The summed E-state index contributed by atoms with van der Waals surface area (Å²) in [5.74, 6) is 0. The van der Waals surface area contributed by atoms with E-state index < -0.39 is 0 Å². The molecule has 3 heteroatoms. The van der Waals surface area contributed by atoms with Gasteiger partial charge >= 0.3 is 0 Å². The zero-order valence-corrected chi connectivity index (χ0v) is 7.88. The maximum Gasteiger partial charge on any atom is 0.0703 e. The summed E-state index contributed by atoms with van der Waals surface area (Å²) in [6.07, 6.45) is 7.64. The molecular weight excluding hydrogens is 174 g/mol. The van der Waals surface area contributed by atoms with Crippen LogP contribution in [0.25, 0.3) is 0 Å². The molecule has 0 radical (unpaired) electrons. The number of nitrogens with two attached hydrogens (primary N) is 1. The second-order valence-electron chi connectivity index (χ2n) is 3.16. The van der Waals surface area contributed by atoms with Crippen LogP contribution < -0.4 is 5.73 Å². The molecule has 2 aromatic rings. The molecular formula is C11H13N3. The Morgan fingerprint density at radius 2 is 1.86 bits per heavy atom. The van der Waals surface area contributed by atoms with Gasteiger partial charge in [-0.25, -0.2) is 0 Å². The summed E-state index contributed by atoms with van der Waals surface area (Å²) in [4.78, 5) is 3.99. The summed E-state index contributed by atoms with van der Waals surface area (Å²) in [5.41, 5.74) is 6.95.